The summed E-state index contributed by atoms with van der Waals surface area (Å²) in [4.78, 5) is 13.6. The molecule has 1 fully saturated rings. The van der Waals surface area contributed by atoms with Crippen LogP contribution in [-0.4, -0.2) is 33.6 Å². The first-order valence-electron chi connectivity index (χ1n) is 7.33. The van der Waals surface area contributed by atoms with Crippen LogP contribution in [-0.2, 0) is 13.1 Å². The topological polar surface area (TPSA) is 51.3 Å². The van der Waals surface area contributed by atoms with E-state index in [4.69, 9.17) is 0 Å². The number of aromatic nitrogens is 2. The number of halogens is 3. The molecule has 1 aromatic carbocycles. The summed E-state index contributed by atoms with van der Waals surface area (Å²) < 4.78 is 45.3. The van der Waals surface area contributed by atoms with Crippen molar-refractivity contribution in [1.82, 2.24) is 14.6 Å². The van der Waals surface area contributed by atoms with Gasteiger partial charge < -0.3 is 0 Å². The molecular formula is C15H16F3N3O2. The Balaban J connectivity index is 1.71. The van der Waals surface area contributed by atoms with Gasteiger partial charge in [-0.05, 0) is 17.7 Å². The number of hydrogen-bond donors (Lipinski definition) is 0. The van der Waals surface area contributed by atoms with Crippen molar-refractivity contribution in [2.24, 2.45) is 0 Å². The molecule has 23 heavy (non-hydrogen) atoms. The molecule has 0 unspecified atom stereocenters. The maximum atomic E-state index is 13.2. The molecule has 2 heterocycles. The zero-order chi connectivity index (χ0) is 16.4. The van der Waals surface area contributed by atoms with Crippen LogP contribution in [0.1, 0.15) is 24.2 Å². The lowest BCUT2D eigenvalue weighted by atomic mass is 10.1. The molecule has 2 aromatic rings. The third-order valence-corrected chi connectivity index (χ3v) is 3.97. The van der Waals surface area contributed by atoms with Crippen molar-refractivity contribution >= 4 is 0 Å². The van der Waals surface area contributed by atoms with Crippen LogP contribution in [0.3, 0.4) is 0 Å². The summed E-state index contributed by atoms with van der Waals surface area (Å²) in [6.45, 7) is 0.945. The second kappa shape index (κ2) is 6.19. The molecule has 124 valence electrons. The maximum absolute atomic E-state index is 13.2. The SMILES string of the molecule is O=c1onc(CN2CCC(F)(F)CC2)n1Cc1ccc(F)cc1. The number of alkyl halides is 2. The molecule has 0 amide bonds. The first kappa shape index (κ1) is 15.8. The van der Waals surface area contributed by atoms with E-state index in [2.05, 4.69) is 9.68 Å². The normalized spacial score (nSPS) is 18.2. The van der Waals surface area contributed by atoms with Gasteiger partial charge in [-0.1, -0.05) is 17.3 Å². The first-order chi connectivity index (χ1) is 10.9. The number of benzene rings is 1. The van der Waals surface area contributed by atoms with Crippen molar-refractivity contribution < 1.29 is 17.7 Å². The zero-order valence-corrected chi connectivity index (χ0v) is 12.3. The second-order valence-corrected chi connectivity index (χ2v) is 5.71. The van der Waals surface area contributed by atoms with E-state index in [0.717, 1.165) is 5.56 Å². The molecule has 3 rings (SSSR count). The van der Waals surface area contributed by atoms with Crippen LogP contribution in [0.25, 0.3) is 0 Å². The van der Waals surface area contributed by atoms with Gasteiger partial charge in [0.2, 0.25) is 0 Å². The van der Waals surface area contributed by atoms with E-state index in [9.17, 15) is 18.0 Å². The molecule has 0 spiro atoms. The van der Waals surface area contributed by atoms with E-state index >= 15 is 0 Å². The maximum Gasteiger partial charge on any atom is 0.441 e. The van der Waals surface area contributed by atoms with E-state index in [0.29, 0.717) is 5.82 Å². The van der Waals surface area contributed by atoms with Crippen molar-refractivity contribution in [3.05, 3.63) is 52.0 Å². The summed E-state index contributed by atoms with van der Waals surface area (Å²) in [5.41, 5.74) is 0.725. The van der Waals surface area contributed by atoms with E-state index < -0.39 is 11.7 Å². The van der Waals surface area contributed by atoms with Crippen LogP contribution >= 0.6 is 0 Å². The zero-order valence-electron chi connectivity index (χ0n) is 12.3. The average molecular weight is 327 g/mol. The third-order valence-electron chi connectivity index (χ3n) is 3.97. The van der Waals surface area contributed by atoms with Crippen LogP contribution in [0, 0.1) is 5.82 Å². The van der Waals surface area contributed by atoms with Gasteiger partial charge in [0.15, 0.2) is 5.82 Å². The van der Waals surface area contributed by atoms with Crippen LogP contribution in [0.5, 0.6) is 0 Å². The Hall–Kier alpha value is -2.09. The van der Waals surface area contributed by atoms with Gasteiger partial charge in [0.25, 0.3) is 5.92 Å². The van der Waals surface area contributed by atoms with Crippen molar-refractivity contribution in [3.63, 3.8) is 0 Å². The molecule has 1 aromatic heterocycles. The fourth-order valence-corrected chi connectivity index (χ4v) is 2.58. The predicted octanol–water partition coefficient (Wildman–Crippen LogP) is 2.25. The van der Waals surface area contributed by atoms with E-state index in [-0.39, 0.29) is 44.8 Å². The highest BCUT2D eigenvalue weighted by molar-refractivity contribution is 5.16. The fraction of sp³-hybridized carbons (Fsp3) is 0.467. The van der Waals surface area contributed by atoms with E-state index in [1.165, 1.54) is 16.7 Å². The van der Waals surface area contributed by atoms with Gasteiger partial charge in [-0.25, -0.2) is 18.0 Å². The summed E-state index contributed by atoms with van der Waals surface area (Å²) in [5.74, 6) is -3.22. The molecule has 5 nitrogen and oxygen atoms in total. The molecule has 0 radical (unpaired) electrons. The molecule has 0 saturated carbocycles. The van der Waals surface area contributed by atoms with Crippen molar-refractivity contribution in [2.45, 2.75) is 31.9 Å². The van der Waals surface area contributed by atoms with Crippen LogP contribution in [0.15, 0.2) is 33.6 Å². The number of nitrogens with zero attached hydrogens (tertiary/aromatic N) is 3. The Morgan fingerprint density at radius 1 is 1.13 bits per heavy atom. The smallest absolute Gasteiger partial charge is 0.296 e. The number of hydrogen-bond acceptors (Lipinski definition) is 4. The molecule has 1 aliphatic heterocycles. The Morgan fingerprint density at radius 2 is 1.78 bits per heavy atom. The van der Waals surface area contributed by atoms with Crippen molar-refractivity contribution in [3.8, 4) is 0 Å². The summed E-state index contributed by atoms with van der Waals surface area (Å²) in [7, 11) is 0. The Kier molecular flexibility index (Phi) is 4.25. The molecule has 0 N–H and O–H groups in total. The summed E-state index contributed by atoms with van der Waals surface area (Å²) in [5, 5.41) is 3.73. The molecule has 0 bridgehead atoms. The molecule has 0 aliphatic carbocycles. The van der Waals surface area contributed by atoms with Crippen LogP contribution in [0.4, 0.5) is 13.2 Å². The number of likely N-dealkylation sites (tertiary alicyclic amines) is 1. The lowest BCUT2D eigenvalue weighted by molar-refractivity contribution is -0.0572. The minimum atomic E-state index is -2.62. The Bertz CT molecular complexity index is 714. The highest BCUT2D eigenvalue weighted by atomic mass is 19.3. The second-order valence-electron chi connectivity index (χ2n) is 5.71. The molecule has 0 atom stereocenters. The lowest BCUT2D eigenvalue weighted by Gasteiger charge is -2.31. The summed E-state index contributed by atoms with van der Waals surface area (Å²) in [6.07, 6.45) is -0.403. The molecular weight excluding hydrogens is 311 g/mol. The van der Waals surface area contributed by atoms with Gasteiger partial charge in [0, 0.05) is 25.9 Å². The highest BCUT2D eigenvalue weighted by Gasteiger charge is 2.34. The minimum Gasteiger partial charge on any atom is -0.296 e. The highest BCUT2D eigenvalue weighted by Crippen LogP contribution is 2.28. The van der Waals surface area contributed by atoms with Gasteiger partial charge in [-0.3, -0.25) is 14.0 Å². The average Bonchev–Trinajstić information content (AvgIpc) is 2.85. The van der Waals surface area contributed by atoms with E-state index in [1.54, 1.807) is 12.1 Å². The summed E-state index contributed by atoms with van der Waals surface area (Å²) >= 11 is 0. The van der Waals surface area contributed by atoms with Gasteiger partial charge in [-0.15, -0.1) is 0 Å². The summed E-state index contributed by atoms with van der Waals surface area (Å²) in [6, 6.07) is 5.75. The third kappa shape index (κ3) is 3.82. The molecule has 1 aliphatic rings. The minimum absolute atomic E-state index is 0.196. The lowest BCUT2D eigenvalue weighted by Crippen LogP contribution is -2.39. The number of rotatable bonds is 4. The Morgan fingerprint density at radius 3 is 2.43 bits per heavy atom. The fourth-order valence-electron chi connectivity index (χ4n) is 2.58. The monoisotopic (exact) mass is 327 g/mol. The first-order valence-corrected chi connectivity index (χ1v) is 7.33. The van der Waals surface area contributed by atoms with Crippen LogP contribution < -0.4 is 5.76 Å². The van der Waals surface area contributed by atoms with Crippen LogP contribution in [0.2, 0.25) is 0 Å². The Labute approximate surface area is 130 Å². The quantitative estimate of drug-likeness (QED) is 0.864. The van der Waals surface area contributed by atoms with E-state index in [1.807, 2.05) is 4.90 Å². The van der Waals surface area contributed by atoms with Gasteiger partial charge >= 0.3 is 5.76 Å². The molecule has 1 saturated heterocycles. The standard InChI is InChI=1S/C15H16F3N3O2/c16-12-3-1-11(2-4-12)9-21-13(19-23-14(21)22)10-20-7-5-15(17,18)6-8-20/h1-4H,5-10H2. The van der Waals surface area contributed by atoms with Gasteiger partial charge in [-0.2, -0.15) is 0 Å². The van der Waals surface area contributed by atoms with Gasteiger partial charge in [0.05, 0.1) is 13.1 Å². The van der Waals surface area contributed by atoms with Gasteiger partial charge in [0.1, 0.15) is 5.82 Å². The molecule has 8 heteroatoms. The largest absolute Gasteiger partial charge is 0.441 e. The van der Waals surface area contributed by atoms with Crippen molar-refractivity contribution in [1.29, 1.82) is 0 Å². The predicted molar refractivity (Wildman–Crippen MR) is 75.7 cm³/mol. The van der Waals surface area contributed by atoms with Crippen molar-refractivity contribution in [2.75, 3.05) is 13.1 Å². The number of piperidine rings is 1.